The highest BCUT2D eigenvalue weighted by Gasteiger charge is 2.32. The monoisotopic (exact) mass is 587 g/mol. The molecule has 43 heavy (non-hydrogen) atoms. The fourth-order valence-electron chi connectivity index (χ4n) is 5.90. The van der Waals surface area contributed by atoms with Crippen LogP contribution in [0.15, 0.2) is 42.7 Å². The highest BCUT2D eigenvalue weighted by Crippen LogP contribution is 2.40. The quantitative estimate of drug-likeness (QED) is 0.363. The first kappa shape index (κ1) is 28.8. The van der Waals surface area contributed by atoms with Gasteiger partial charge in [0, 0.05) is 44.8 Å². The molecule has 1 aromatic carbocycles. The van der Waals surface area contributed by atoms with Gasteiger partial charge in [0.05, 0.1) is 23.6 Å². The van der Waals surface area contributed by atoms with Gasteiger partial charge in [-0.05, 0) is 75.4 Å². The van der Waals surface area contributed by atoms with Gasteiger partial charge in [0.15, 0.2) is 11.5 Å². The number of hydrogen-bond donors (Lipinski definition) is 3. The van der Waals surface area contributed by atoms with Crippen molar-refractivity contribution in [2.45, 2.75) is 50.6 Å². The van der Waals surface area contributed by atoms with E-state index in [4.69, 9.17) is 10.7 Å². The van der Waals surface area contributed by atoms with Crippen LogP contribution in [0.2, 0.25) is 0 Å². The molecule has 6 rings (SSSR count). The van der Waals surface area contributed by atoms with Gasteiger partial charge in [0.2, 0.25) is 0 Å². The lowest BCUT2D eigenvalue weighted by Gasteiger charge is -2.40. The van der Waals surface area contributed by atoms with Crippen LogP contribution in [0.25, 0.3) is 0 Å². The Hall–Kier alpha value is -4.32. The Bertz CT molecular complexity index is 1490. The molecule has 4 N–H and O–H groups in total. The van der Waals surface area contributed by atoms with E-state index in [-0.39, 0.29) is 29.2 Å². The van der Waals surface area contributed by atoms with Crippen LogP contribution in [0, 0.1) is 5.82 Å². The van der Waals surface area contributed by atoms with Crippen LogP contribution < -0.4 is 26.2 Å². The molecule has 0 unspecified atom stereocenters. The van der Waals surface area contributed by atoms with Crippen LogP contribution in [0.5, 0.6) is 0 Å². The molecule has 0 spiro atoms. The zero-order chi connectivity index (χ0) is 30.1. The average molecular weight is 588 g/mol. The number of aromatic nitrogens is 3. The number of rotatable bonds is 8. The van der Waals surface area contributed by atoms with Crippen LogP contribution in [0.1, 0.15) is 64.9 Å². The summed E-state index contributed by atoms with van der Waals surface area (Å²) in [6.07, 6.45) is 6.91. The van der Waals surface area contributed by atoms with Gasteiger partial charge in [-0.25, -0.2) is 19.3 Å². The van der Waals surface area contributed by atoms with Crippen LogP contribution >= 0.6 is 0 Å². The Morgan fingerprint density at radius 2 is 1.77 bits per heavy atom. The molecule has 0 bridgehead atoms. The van der Waals surface area contributed by atoms with Gasteiger partial charge in [-0.15, -0.1) is 0 Å². The molecule has 2 saturated heterocycles. The van der Waals surface area contributed by atoms with E-state index in [0.717, 1.165) is 63.2 Å². The second kappa shape index (κ2) is 12.1. The molecule has 3 fully saturated rings. The highest BCUT2D eigenvalue weighted by molar-refractivity contribution is 5.96. The number of pyridine rings is 1. The first-order valence-corrected chi connectivity index (χ1v) is 15.0. The third-order valence-corrected chi connectivity index (χ3v) is 8.72. The maximum atomic E-state index is 14.8. The molecule has 3 aromatic rings. The van der Waals surface area contributed by atoms with Crippen LogP contribution in [-0.4, -0.2) is 83.5 Å². The first-order chi connectivity index (χ1) is 20.8. The Morgan fingerprint density at radius 1 is 0.977 bits per heavy atom. The maximum absolute atomic E-state index is 14.8. The fourth-order valence-corrected chi connectivity index (χ4v) is 5.90. The van der Waals surface area contributed by atoms with E-state index in [9.17, 15) is 14.0 Å². The molecule has 11 nitrogen and oxygen atoms in total. The van der Waals surface area contributed by atoms with Gasteiger partial charge in [-0.1, -0.05) is 6.07 Å². The summed E-state index contributed by atoms with van der Waals surface area (Å²) in [4.78, 5) is 45.5. The van der Waals surface area contributed by atoms with E-state index in [2.05, 4.69) is 37.4 Å². The third-order valence-electron chi connectivity index (χ3n) is 8.72. The summed E-state index contributed by atoms with van der Waals surface area (Å²) in [5, 5.41) is 6.21. The summed E-state index contributed by atoms with van der Waals surface area (Å²) in [6.45, 7) is 6.46. The molecule has 2 atom stereocenters. The summed E-state index contributed by atoms with van der Waals surface area (Å²) < 4.78 is 14.8. The van der Waals surface area contributed by atoms with Gasteiger partial charge in [-0.2, -0.15) is 0 Å². The minimum atomic E-state index is -0.699. The van der Waals surface area contributed by atoms with Crippen LogP contribution in [-0.2, 0) is 0 Å². The summed E-state index contributed by atoms with van der Waals surface area (Å²) >= 11 is 0. The van der Waals surface area contributed by atoms with Crippen molar-refractivity contribution in [3.8, 4) is 0 Å². The second-order valence-electron chi connectivity index (χ2n) is 11.8. The smallest absolute Gasteiger partial charge is 0.271 e. The van der Waals surface area contributed by atoms with E-state index >= 15 is 0 Å². The number of nitrogens with zero attached hydrogens (tertiary/aromatic N) is 6. The molecule has 2 amide bonds. The van der Waals surface area contributed by atoms with Crippen molar-refractivity contribution < 1.29 is 14.0 Å². The Morgan fingerprint density at radius 3 is 2.44 bits per heavy atom. The van der Waals surface area contributed by atoms with Crippen molar-refractivity contribution in [3.05, 3.63) is 65.4 Å². The van der Waals surface area contributed by atoms with Gasteiger partial charge < -0.3 is 31.1 Å². The van der Waals surface area contributed by atoms with Crippen molar-refractivity contribution in [1.29, 1.82) is 0 Å². The molecule has 2 aromatic heterocycles. The average Bonchev–Trinajstić information content (AvgIpc) is 3.85. The number of anilines is 4. The molecule has 1 aliphatic carbocycles. The topological polar surface area (TPSA) is 133 Å². The van der Waals surface area contributed by atoms with Crippen molar-refractivity contribution in [3.63, 3.8) is 0 Å². The summed E-state index contributed by atoms with van der Waals surface area (Å²) in [5.74, 6) is 0.465. The molecular weight excluding hydrogens is 549 g/mol. The number of piperidine rings is 1. The largest absolute Gasteiger partial charge is 0.364 e. The number of nitrogens with two attached hydrogens (primary N) is 1. The number of amides is 2. The molecule has 3 aliphatic rings. The molecule has 226 valence electrons. The lowest BCUT2D eigenvalue weighted by Crippen LogP contribution is -2.54. The van der Waals surface area contributed by atoms with Crippen molar-refractivity contribution in [2.24, 2.45) is 5.73 Å². The molecule has 0 radical (unpaired) electrons. The van der Waals surface area contributed by atoms with E-state index in [1.807, 2.05) is 30.0 Å². The number of likely N-dealkylation sites (N-methyl/N-ethyl adjacent to an activating group) is 1. The van der Waals surface area contributed by atoms with E-state index < -0.39 is 17.6 Å². The predicted molar refractivity (Wildman–Crippen MR) is 163 cm³/mol. The molecule has 4 heterocycles. The van der Waals surface area contributed by atoms with Crippen molar-refractivity contribution >= 4 is 35.0 Å². The third kappa shape index (κ3) is 6.38. The predicted octanol–water partition coefficient (Wildman–Crippen LogP) is 3.27. The number of hydrogen-bond acceptors (Lipinski definition) is 9. The number of piperazine rings is 1. The zero-order valence-electron chi connectivity index (χ0n) is 24.6. The lowest BCUT2D eigenvalue weighted by atomic mass is 9.96. The summed E-state index contributed by atoms with van der Waals surface area (Å²) in [6, 6.07) is 8.38. The Kier molecular flexibility index (Phi) is 8.11. The zero-order valence-corrected chi connectivity index (χ0v) is 24.6. The Labute approximate surface area is 250 Å². The van der Waals surface area contributed by atoms with E-state index in [1.165, 1.54) is 12.3 Å². The van der Waals surface area contributed by atoms with Gasteiger partial charge in [0.25, 0.3) is 11.8 Å². The molecule has 1 saturated carbocycles. The molecule has 2 aliphatic heterocycles. The highest BCUT2D eigenvalue weighted by atomic mass is 19.1. The van der Waals surface area contributed by atoms with Gasteiger partial charge >= 0.3 is 0 Å². The number of primary amides is 1. The second-order valence-corrected chi connectivity index (χ2v) is 11.8. The minimum Gasteiger partial charge on any atom is -0.364 e. The minimum absolute atomic E-state index is 0.0199. The SMILES string of the molecule is C[C@@H]1[C@H](NC(=O)c2ccc(C3CC3)cc2F)CCCN1c1cnc(C(N)=O)c(Nc2ccc(N3CCN(C)CC3)nc2)n1. The normalized spacial score (nSPS) is 21.0. The van der Waals surface area contributed by atoms with E-state index in [0.29, 0.717) is 24.0 Å². The van der Waals surface area contributed by atoms with Gasteiger partial charge in [-0.3, -0.25) is 9.59 Å². The van der Waals surface area contributed by atoms with Crippen molar-refractivity contribution in [2.75, 3.05) is 54.9 Å². The lowest BCUT2D eigenvalue weighted by molar-refractivity contribution is 0.0919. The number of benzene rings is 1. The number of carbonyl (C=O) groups excluding carboxylic acids is 2. The molecule has 12 heteroatoms. The summed E-state index contributed by atoms with van der Waals surface area (Å²) in [7, 11) is 2.11. The van der Waals surface area contributed by atoms with Gasteiger partial charge in [0.1, 0.15) is 17.5 Å². The number of carbonyl (C=O) groups is 2. The number of halogens is 1. The fraction of sp³-hybridized carbons (Fsp3) is 0.452. The number of nitrogens with one attached hydrogen (secondary N) is 2. The maximum Gasteiger partial charge on any atom is 0.271 e. The standard InChI is InChI=1S/C31H38FN9O2/c1-19-25(37-31(43)23-9-7-21(16-24(23)32)20-5-6-20)4-3-11-41(19)27-18-35-28(29(33)42)30(38-27)36-22-8-10-26(34-17-22)40-14-12-39(2)13-15-40/h7-10,16-20,25H,3-6,11-15H2,1-2H3,(H2,33,42)(H,36,38)(H,37,43)/t19-,25-/m1/s1. The summed E-state index contributed by atoms with van der Waals surface area (Å²) in [5.41, 5.74) is 7.31. The molecular formula is C31H38FN9O2. The van der Waals surface area contributed by atoms with Crippen LogP contribution in [0.3, 0.4) is 0 Å². The first-order valence-electron chi connectivity index (χ1n) is 15.0. The van der Waals surface area contributed by atoms with E-state index in [1.54, 1.807) is 12.3 Å². The van der Waals surface area contributed by atoms with Crippen molar-refractivity contribution in [1.82, 2.24) is 25.2 Å². The van der Waals surface area contributed by atoms with Crippen LogP contribution in [0.4, 0.5) is 27.5 Å². The Balaban J connectivity index is 1.16.